The molecule has 36 heavy (non-hydrogen) atoms. The van der Waals surface area contributed by atoms with Gasteiger partial charge >= 0.3 is 0 Å². The number of benzene rings is 2. The van der Waals surface area contributed by atoms with Gasteiger partial charge in [-0.2, -0.15) is 5.10 Å². The van der Waals surface area contributed by atoms with Crippen LogP contribution in [-0.2, 0) is 9.84 Å². The third-order valence-electron chi connectivity index (χ3n) is 6.69. The van der Waals surface area contributed by atoms with E-state index in [0.29, 0.717) is 40.0 Å². The molecule has 5 rings (SSSR count). The molecular formula is C27H27FN4O3S. The molecule has 4 aromatic rings. The number of carbonyl (C=O) groups is 1. The number of rotatable bonds is 4. The Morgan fingerprint density at radius 1 is 1.06 bits per heavy atom. The lowest BCUT2D eigenvalue weighted by Crippen LogP contribution is -2.16. The molecule has 1 saturated heterocycles. The van der Waals surface area contributed by atoms with Crippen LogP contribution in [0.1, 0.15) is 45.2 Å². The normalized spacial score (nSPS) is 17.0. The lowest BCUT2D eigenvalue weighted by atomic mass is 10.0. The average Bonchev–Trinajstić information content (AvgIpc) is 3.34. The van der Waals surface area contributed by atoms with E-state index in [0.717, 1.165) is 22.4 Å². The second-order valence-electron chi connectivity index (χ2n) is 9.58. The van der Waals surface area contributed by atoms with Crippen LogP contribution in [0.5, 0.6) is 0 Å². The summed E-state index contributed by atoms with van der Waals surface area (Å²) < 4.78 is 39.6. The average molecular weight is 507 g/mol. The minimum absolute atomic E-state index is 0.0189. The van der Waals surface area contributed by atoms with Crippen LogP contribution in [0, 0.1) is 33.5 Å². The highest BCUT2D eigenvalue weighted by Gasteiger charge is 2.32. The minimum Gasteiger partial charge on any atom is -0.321 e. The molecule has 0 spiro atoms. The van der Waals surface area contributed by atoms with Crippen LogP contribution in [0.4, 0.5) is 10.1 Å². The van der Waals surface area contributed by atoms with Crippen LogP contribution in [0.15, 0.2) is 42.5 Å². The van der Waals surface area contributed by atoms with Gasteiger partial charge in [0.25, 0.3) is 5.91 Å². The molecule has 7 nitrogen and oxygen atoms in total. The van der Waals surface area contributed by atoms with Gasteiger partial charge in [-0.05, 0) is 75.6 Å². The Bertz CT molecular complexity index is 1600. The monoisotopic (exact) mass is 506 g/mol. The van der Waals surface area contributed by atoms with Crippen molar-refractivity contribution in [2.45, 2.75) is 40.2 Å². The van der Waals surface area contributed by atoms with E-state index in [9.17, 15) is 17.6 Å². The predicted molar refractivity (Wildman–Crippen MR) is 139 cm³/mol. The van der Waals surface area contributed by atoms with E-state index < -0.39 is 9.84 Å². The van der Waals surface area contributed by atoms with Gasteiger partial charge in [0, 0.05) is 11.3 Å². The molecule has 1 unspecified atom stereocenters. The van der Waals surface area contributed by atoms with Crippen molar-refractivity contribution in [3.63, 3.8) is 0 Å². The van der Waals surface area contributed by atoms with Crippen molar-refractivity contribution in [3.05, 3.63) is 76.2 Å². The maximum atomic E-state index is 13.7. The minimum atomic E-state index is -3.16. The van der Waals surface area contributed by atoms with E-state index in [1.807, 2.05) is 32.9 Å². The first-order valence-electron chi connectivity index (χ1n) is 11.8. The second-order valence-corrected chi connectivity index (χ2v) is 11.8. The molecule has 0 aliphatic carbocycles. The Morgan fingerprint density at radius 3 is 2.33 bits per heavy atom. The molecule has 0 bridgehead atoms. The predicted octanol–water partition coefficient (Wildman–Crippen LogP) is 5.08. The second kappa shape index (κ2) is 8.81. The lowest BCUT2D eigenvalue weighted by Gasteiger charge is -2.15. The molecule has 1 N–H and O–H groups in total. The number of hydrogen-bond donors (Lipinski definition) is 1. The van der Waals surface area contributed by atoms with Gasteiger partial charge in [0.2, 0.25) is 0 Å². The Kier molecular flexibility index (Phi) is 5.90. The van der Waals surface area contributed by atoms with Gasteiger partial charge in [0.15, 0.2) is 15.5 Å². The first-order valence-corrected chi connectivity index (χ1v) is 13.6. The molecule has 1 fully saturated rings. The van der Waals surface area contributed by atoms with E-state index >= 15 is 0 Å². The van der Waals surface area contributed by atoms with Crippen molar-refractivity contribution >= 4 is 32.5 Å². The first kappa shape index (κ1) is 24.1. The molecule has 2 aromatic carbocycles. The van der Waals surface area contributed by atoms with Crippen LogP contribution >= 0.6 is 0 Å². The summed E-state index contributed by atoms with van der Waals surface area (Å²) in [5.74, 6) is -0.619. The third kappa shape index (κ3) is 4.39. The highest BCUT2D eigenvalue weighted by atomic mass is 32.2. The molecule has 0 saturated carbocycles. The van der Waals surface area contributed by atoms with Gasteiger partial charge < -0.3 is 5.32 Å². The highest BCUT2D eigenvalue weighted by molar-refractivity contribution is 7.91. The number of halogens is 1. The fraction of sp³-hybridized carbons (Fsp3) is 0.296. The molecule has 2 aromatic heterocycles. The summed E-state index contributed by atoms with van der Waals surface area (Å²) in [6, 6.07) is 11.2. The van der Waals surface area contributed by atoms with Gasteiger partial charge in [0.05, 0.1) is 39.9 Å². The van der Waals surface area contributed by atoms with Crippen molar-refractivity contribution in [3.8, 4) is 11.3 Å². The molecule has 1 aliphatic rings. The van der Waals surface area contributed by atoms with E-state index in [2.05, 4.69) is 10.4 Å². The fourth-order valence-corrected chi connectivity index (χ4v) is 6.73. The molecule has 3 heterocycles. The van der Waals surface area contributed by atoms with Gasteiger partial charge in [-0.15, -0.1) is 0 Å². The van der Waals surface area contributed by atoms with E-state index in [1.165, 1.54) is 12.1 Å². The van der Waals surface area contributed by atoms with Crippen molar-refractivity contribution in [1.29, 1.82) is 0 Å². The lowest BCUT2D eigenvalue weighted by molar-refractivity contribution is 0.102. The van der Waals surface area contributed by atoms with Crippen molar-refractivity contribution < 1.29 is 17.6 Å². The largest absolute Gasteiger partial charge is 0.321 e. The summed E-state index contributed by atoms with van der Waals surface area (Å²) in [5.41, 5.74) is 6.29. The molecule has 1 aliphatic heterocycles. The Morgan fingerprint density at radius 2 is 1.72 bits per heavy atom. The summed E-state index contributed by atoms with van der Waals surface area (Å²) in [7, 11) is -3.16. The number of pyridine rings is 1. The number of nitrogens with one attached hydrogen (secondary N) is 1. The van der Waals surface area contributed by atoms with Crippen LogP contribution < -0.4 is 5.32 Å². The summed E-state index contributed by atoms with van der Waals surface area (Å²) in [5, 5.41) is 8.27. The summed E-state index contributed by atoms with van der Waals surface area (Å²) in [4.78, 5) is 18.5. The maximum absolute atomic E-state index is 13.7. The van der Waals surface area contributed by atoms with Gasteiger partial charge in [-0.1, -0.05) is 17.7 Å². The SMILES string of the molecule is Cc1cc(C)c(NC(=O)c2cc(-c3ccc(F)cc3)nc3c2c(C)nn3C2CCS(=O)(=O)C2)c(C)c1. The summed E-state index contributed by atoms with van der Waals surface area (Å²) in [6.07, 6.45) is 0.435. The number of carbonyl (C=O) groups excluding carboxylic acids is 1. The van der Waals surface area contributed by atoms with Crippen molar-refractivity contribution in [2.75, 3.05) is 16.8 Å². The number of nitrogens with zero attached hydrogens (tertiary/aromatic N) is 3. The molecule has 9 heteroatoms. The number of anilines is 1. The quantitative estimate of drug-likeness (QED) is 0.416. The number of aryl methyl sites for hydroxylation is 4. The molecular weight excluding hydrogens is 479 g/mol. The van der Waals surface area contributed by atoms with E-state index in [-0.39, 0.29) is 29.3 Å². The zero-order valence-electron chi connectivity index (χ0n) is 20.6. The van der Waals surface area contributed by atoms with Gasteiger partial charge in [-0.25, -0.2) is 22.5 Å². The number of fused-ring (bicyclic) bond motifs is 1. The molecule has 0 radical (unpaired) electrons. The van der Waals surface area contributed by atoms with Gasteiger partial charge in [-0.3, -0.25) is 4.79 Å². The van der Waals surface area contributed by atoms with Crippen molar-refractivity contribution in [1.82, 2.24) is 14.8 Å². The Balaban J connectivity index is 1.69. The number of sulfone groups is 1. The standard InChI is InChI=1S/C27H27FN4O3S/c1-15-11-16(2)25(17(3)12-15)30-27(33)22-13-23(19-5-7-20(28)8-6-19)29-26-24(22)18(4)31-32(26)21-9-10-36(34,35)14-21/h5-8,11-13,21H,9-10,14H2,1-4H3,(H,30,33). The fourth-order valence-electron chi connectivity index (χ4n) is 5.04. The molecule has 1 amide bonds. The smallest absolute Gasteiger partial charge is 0.256 e. The Hall–Kier alpha value is -3.59. The Labute approximate surface area is 209 Å². The zero-order chi connectivity index (χ0) is 25.8. The highest BCUT2D eigenvalue weighted by Crippen LogP contribution is 2.33. The molecule has 186 valence electrons. The van der Waals surface area contributed by atoms with Crippen LogP contribution in [-0.4, -0.2) is 40.6 Å². The summed E-state index contributed by atoms with van der Waals surface area (Å²) >= 11 is 0. The summed E-state index contributed by atoms with van der Waals surface area (Å²) in [6.45, 7) is 7.70. The number of hydrogen-bond acceptors (Lipinski definition) is 5. The molecule has 1 atom stereocenters. The van der Waals surface area contributed by atoms with E-state index in [1.54, 1.807) is 29.8 Å². The maximum Gasteiger partial charge on any atom is 0.256 e. The topological polar surface area (TPSA) is 93.9 Å². The van der Waals surface area contributed by atoms with Crippen LogP contribution in [0.3, 0.4) is 0 Å². The number of amides is 1. The van der Waals surface area contributed by atoms with E-state index in [4.69, 9.17) is 4.98 Å². The van der Waals surface area contributed by atoms with Crippen LogP contribution in [0.2, 0.25) is 0 Å². The van der Waals surface area contributed by atoms with Crippen molar-refractivity contribution in [2.24, 2.45) is 0 Å². The van der Waals surface area contributed by atoms with Crippen LogP contribution in [0.25, 0.3) is 22.3 Å². The number of aromatic nitrogens is 3. The third-order valence-corrected chi connectivity index (χ3v) is 8.44. The first-order chi connectivity index (χ1) is 17.0. The van der Waals surface area contributed by atoms with Gasteiger partial charge in [0.1, 0.15) is 5.82 Å². The zero-order valence-corrected chi connectivity index (χ0v) is 21.4.